The molecule has 4 rings (SSSR count). The third kappa shape index (κ3) is 3.86. The fraction of sp³-hybridized carbons (Fsp3) is 0.182. The van der Waals surface area contributed by atoms with E-state index in [0.29, 0.717) is 22.1 Å². The number of amides is 4. The molecule has 1 aliphatic heterocycles. The summed E-state index contributed by atoms with van der Waals surface area (Å²) in [6.07, 6.45) is 0. The number of halogens is 1. The number of nitrogens with zero attached hydrogens (tertiary/aromatic N) is 3. The Morgan fingerprint density at radius 3 is 2.52 bits per heavy atom. The number of nitrogens with one attached hydrogen (secondary N) is 1. The van der Waals surface area contributed by atoms with E-state index in [-0.39, 0.29) is 18.4 Å². The van der Waals surface area contributed by atoms with Crippen molar-refractivity contribution < 1.29 is 14.4 Å². The summed E-state index contributed by atoms with van der Waals surface area (Å²) in [5, 5.41) is 5.03. The van der Waals surface area contributed by atoms with Gasteiger partial charge in [-0.05, 0) is 25.1 Å². The molecule has 2 aromatic carbocycles. The molecule has 0 saturated carbocycles. The first-order valence-corrected chi connectivity index (χ1v) is 11.2. The second kappa shape index (κ2) is 8.24. The molecule has 1 saturated heterocycles. The fourth-order valence-corrected chi connectivity index (χ4v) is 5.09. The molecule has 3 aromatic rings. The van der Waals surface area contributed by atoms with E-state index in [4.69, 9.17) is 0 Å². The molecule has 0 radical (unpaired) electrons. The monoisotopic (exact) mass is 498 g/mol. The molecule has 158 valence electrons. The summed E-state index contributed by atoms with van der Waals surface area (Å²) in [5.41, 5.74) is 0.738. The average molecular weight is 499 g/mol. The summed E-state index contributed by atoms with van der Waals surface area (Å²) >= 11 is 4.74. The Morgan fingerprint density at radius 2 is 1.84 bits per heavy atom. The smallest absolute Gasteiger partial charge is 0.319 e. The van der Waals surface area contributed by atoms with Crippen LogP contribution in [-0.4, -0.2) is 27.7 Å². The van der Waals surface area contributed by atoms with Crippen LogP contribution < -0.4 is 10.2 Å². The van der Waals surface area contributed by atoms with Crippen molar-refractivity contribution in [1.29, 1.82) is 0 Å². The van der Waals surface area contributed by atoms with Gasteiger partial charge in [0.2, 0.25) is 5.91 Å². The van der Waals surface area contributed by atoms with Gasteiger partial charge in [-0.3, -0.25) is 19.4 Å². The zero-order valence-corrected chi connectivity index (χ0v) is 19.2. The highest BCUT2D eigenvalue weighted by Gasteiger charge is 2.49. The maximum absolute atomic E-state index is 13.2. The quantitative estimate of drug-likeness (QED) is 0.522. The molecule has 1 unspecified atom stereocenters. The minimum Gasteiger partial charge on any atom is -0.319 e. The van der Waals surface area contributed by atoms with Crippen molar-refractivity contribution in [3.8, 4) is 0 Å². The van der Waals surface area contributed by atoms with Gasteiger partial charge in [0, 0.05) is 22.3 Å². The van der Waals surface area contributed by atoms with Crippen LogP contribution in [0.15, 0.2) is 64.5 Å². The number of anilines is 2. The third-order valence-corrected chi connectivity index (χ3v) is 6.63. The Bertz CT molecular complexity index is 1170. The van der Waals surface area contributed by atoms with Gasteiger partial charge in [0.25, 0.3) is 5.91 Å². The summed E-state index contributed by atoms with van der Waals surface area (Å²) in [5.74, 6) is -0.533. The lowest BCUT2D eigenvalue weighted by Gasteiger charge is -2.23. The Balaban J connectivity index is 1.59. The van der Waals surface area contributed by atoms with Gasteiger partial charge in [0.05, 0.1) is 17.9 Å². The predicted octanol–water partition coefficient (Wildman–Crippen LogP) is 4.56. The fourth-order valence-electron chi connectivity index (χ4n) is 3.53. The maximum atomic E-state index is 13.2. The highest BCUT2D eigenvalue weighted by molar-refractivity contribution is 9.10. The van der Waals surface area contributed by atoms with Crippen molar-refractivity contribution in [2.75, 3.05) is 4.90 Å². The van der Waals surface area contributed by atoms with Crippen LogP contribution in [0.2, 0.25) is 0 Å². The lowest BCUT2D eigenvalue weighted by atomic mass is 9.92. The van der Waals surface area contributed by atoms with Crippen molar-refractivity contribution in [2.45, 2.75) is 25.9 Å². The summed E-state index contributed by atoms with van der Waals surface area (Å²) in [6, 6.07) is 16.0. The average Bonchev–Trinajstić information content (AvgIpc) is 3.28. The zero-order valence-electron chi connectivity index (χ0n) is 16.8. The molecule has 1 N–H and O–H groups in total. The molecule has 0 aliphatic carbocycles. The van der Waals surface area contributed by atoms with Crippen LogP contribution in [0, 0.1) is 0 Å². The molecule has 1 fully saturated rings. The number of rotatable bonds is 5. The van der Waals surface area contributed by atoms with Gasteiger partial charge in [-0.25, -0.2) is 9.78 Å². The van der Waals surface area contributed by atoms with Gasteiger partial charge < -0.3 is 5.32 Å². The van der Waals surface area contributed by atoms with Crippen LogP contribution in [0.3, 0.4) is 0 Å². The second-order valence-electron chi connectivity index (χ2n) is 7.24. The van der Waals surface area contributed by atoms with E-state index in [2.05, 4.69) is 26.2 Å². The lowest BCUT2D eigenvalue weighted by molar-refractivity contribution is -0.131. The number of carbonyl (C=O) groups excluding carboxylic acids is 3. The molecule has 2 heterocycles. The third-order valence-electron chi connectivity index (χ3n) is 5.07. The van der Waals surface area contributed by atoms with Crippen LogP contribution >= 0.6 is 27.3 Å². The first-order chi connectivity index (χ1) is 14.8. The summed E-state index contributed by atoms with van der Waals surface area (Å²) in [6.45, 7) is 3.17. The van der Waals surface area contributed by atoms with Crippen LogP contribution in [0.25, 0.3) is 0 Å². The minimum absolute atomic E-state index is 0.0156. The number of benzene rings is 2. The summed E-state index contributed by atoms with van der Waals surface area (Å²) in [7, 11) is 0. The zero-order chi connectivity index (χ0) is 22.2. The highest BCUT2D eigenvalue weighted by Crippen LogP contribution is 2.35. The molecule has 0 spiro atoms. The van der Waals surface area contributed by atoms with Crippen molar-refractivity contribution >= 4 is 55.9 Å². The number of hydrogen-bond acceptors (Lipinski definition) is 5. The number of para-hydroxylation sites is 1. The molecule has 7 nitrogen and oxygen atoms in total. The maximum Gasteiger partial charge on any atom is 0.325 e. The van der Waals surface area contributed by atoms with Crippen molar-refractivity contribution in [2.24, 2.45) is 0 Å². The summed E-state index contributed by atoms with van der Waals surface area (Å²) < 4.78 is 0.740. The normalized spacial score (nSPS) is 18.2. The molecule has 31 heavy (non-hydrogen) atoms. The van der Waals surface area contributed by atoms with Gasteiger partial charge in [-0.1, -0.05) is 52.3 Å². The molecule has 1 aromatic heterocycles. The Hall–Kier alpha value is -3.04. The lowest BCUT2D eigenvalue weighted by Crippen LogP contribution is -2.41. The van der Waals surface area contributed by atoms with E-state index < -0.39 is 11.6 Å². The van der Waals surface area contributed by atoms with Crippen molar-refractivity contribution in [1.82, 2.24) is 15.2 Å². The Labute approximate surface area is 191 Å². The molecule has 1 aliphatic rings. The largest absolute Gasteiger partial charge is 0.325 e. The first kappa shape index (κ1) is 21.2. The first-order valence-electron chi connectivity index (χ1n) is 9.50. The van der Waals surface area contributed by atoms with Gasteiger partial charge in [0.1, 0.15) is 5.54 Å². The van der Waals surface area contributed by atoms with E-state index in [0.717, 1.165) is 9.37 Å². The van der Waals surface area contributed by atoms with Crippen LogP contribution in [-0.2, 0) is 21.7 Å². The van der Waals surface area contributed by atoms with E-state index in [1.165, 1.54) is 23.2 Å². The minimum atomic E-state index is -1.18. The topological polar surface area (TPSA) is 82.6 Å². The number of hydrogen-bond donors (Lipinski definition) is 1. The van der Waals surface area contributed by atoms with Crippen molar-refractivity contribution in [3.63, 3.8) is 0 Å². The Kier molecular flexibility index (Phi) is 5.63. The SMILES string of the molecule is CC(=O)N(c1ccccc1)c1nc(CN2C(=O)NC(C)(c3ccccc3Br)C2=O)cs1. The van der Waals surface area contributed by atoms with Gasteiger partial charge >= 0.3 is 6.03 Å². The van der Waals surface area contributed by atoms with E-state index in [9.17, 15) is 14.4 Å². The van der Waals surface area contributed by atoms with E-state index >= 15 is 0 Å². The van der Waals surface area contributed by atoms with Gasteiger partial charge in [-0.2, -0.15) is 0 Å². The highest BCUT2D eigenvalue weighted by atomic mass is 79.9. The molecule has 1 atom stereocenters. The molecule has 9 heteroatoms. The number of carbonyl (C=O) groups is 3. The second-order valence-corrected chi connectivity index (χ2v) is 8.93. The van der Waals surface area contributed by atoms with Crippen molar-refractivity contribution in [3.05, 3.63) is 75.7 Å². The summed E-state index contributed by atoms with van der Waals surface area (Å²) in [4.78, 5) is 45.3. The molecular weight excluding hydrogens is 480 g/mol. The van der Waals surface area contributed by atoms with Gasteiger partial charge in [0.15, 0.2) is 5.13 Å². The molecule has 0 bridgehead atoms. The standard InChI is InChI=1S/C22H19BrN4O3S/c1-14(28)27(16-8-4-3-5-9-16)21-24-15(13-31-21)12-26-19(29)22(2,25-20(26)30)17-10-6-7-11-18(17)23/h3-11,13H,12H2,1-2H3,(H,25,30). The molecule has 4 amide bonds. The molecular formula is C22H19BrN4O3S. The van der Waals surface area contributed by atoms with Crippen LogP contribution in [0.4, 0.5) is 15.6 Å². The van der Waals surface area contributed by atoms with Gasteiger partial charge in [-0.15, -0.1) is 11.3 Å². The number of thiazole rings is 1. The number of aromatic nitrogens is 1. The predicted molar refractivity (Wildman–Crippen MR) is 122 cm³/mol. The number of urea groups is 1. The van der Waals surface area contributed by atoms with E-state index in [1.54, 1.807) is 18.4 Å². The van der Waals surface area contributed by atoms with Crippen LogP contribution in [0.1, 0.15) is 25.1 Å². The Morgan fingerprint density at radius 1 is 1.16 bits per heavy atom. The van der Waals surface area contributed by atoms with E-state index in [1.807, 2.05) is 48.5 Å². The number of imide groups is 1. The van der Waals surface area contributed by atoms with Crippen LogP contribution in [0.5, 0.6) is 0 Å².